The van der Waals surface area contributed by atoms with Crippen LogP contribution in [0.2, 0.25) is 0 Å². The third kappa shape index (κ3) is 2.74. The van der Waals surface area contributed by atoms with E-state index in [2.05, 4.69) is 54.7 Å². The number of hydrogen-bond donors (Lipinski definition) is 1. The molecule has 2 unspecified atom stereocenters. The van der Waals surface area contributed by atoms with Crippen molar-refractivity contribution in [1.82, 2.24) is 0 Å². The Kier molecular flexibility index (Phi) is 3.69. The van der Waals surface area contributed by atoms with Gasteiger partial charge in [0.2, 0.25) is 0 Å². The predicted octanol–water partition coefficient (Wildman–Crippen LogP) is 4.07. The highest BCUT2D eigenvalue weighted by Crippen LogP contribution is 2.25. The Morgan fingerprint density at radius 2 is 2.00 bits per heavy atom. The molecule has 100 valence electrons. The van der Waals surface area contributed by atoms with Crippen molar-refractivity contribution < 1.29 is 4.74 Å². The molecule has 2 aromatic rings. The molecule has 0 bridgehead atoms. The largest absolute Gasteiger partial charge is 0.385 e. The molecule has 2 aromatic carbocycles. The molecule has 1 saturated heterocycles. The Morgan fingerprint density at radius 1 is 1.16 bits per heavy atom. The molecule has 19 heavy (non-hydrogen) atoms. The van der Waals surface area contributed by atoms with E-state index >= 15 is 0 Å². The van der Waals surface area contributed by atoms with Crippen molar-refractivity contribution >= 4 is 16.5 Å². The van der Waals surface area contributed by atoms with Gasteiger partial charge >= 0.3 is 0 Å². The molecular weight excluding hydrogens is 234 g/mol. The number of ether oxygens (including phenoxy) is 1. The van der Waals surface area contributed by atoms with Crippen molar-refractivity contribution in [2.75, 3.05) is 18.5 Å². The minimum atomic E-state index is 0.438. The van der Waals surface area contributed by atoms with E-state index < -0.39 is 0 Å². The zero-order chi connectivity index (χ0) is 13.1. The lowest BCUT2D eigenvalue weighted by Gasteiger charge is -2.18. The van der Waals surface area contributed by atoms with Gasteiger partial charge in [0.1, 0.15) is 0 Å². The standard InChI is InChI=1S/C17H21NO/c1-2-17-15(9-10-19-17)12-18-16-8-7-13-5-3-4-6-14(13)11-16/h3-8,11,15,17-18H,2,9-10,12H2,1H3. The summed E-state index contributed by atoms with van der Waals surface area (Å²) in [7, 11) is 0. The van der Waals surface area contributed by atoms with Gasteiger partial charge < -0.3 is 10.1 Å². The molecule has 0 aromatic heterocycles. The molecule has 1 aliphatic rings. The third-order valence-electron chi connectivity index (χ3n) is 4.07. The highest BCUT2D eigenvalue weighted by atomic mass is 16.5. The molecule has 0 amide bonds. The Bertz CT molecular complexity index is 552. The van der Waals surface area contributed by atoms with E-state index in [0.29, 0.717) is 12.0 Å². The fourth-order valence-electron chi connectivity index (χ4n) is 2.93. The molecule has 1 aliphatic heterocycles. The van der Waals surface area contributed by atoms with Crippen LogP contribution in [0.25, 0.3) is 10.8 Å². The number of hydrogen-bond acceptors (Lipinski definition) is 2. The van der Waals surface area contributed by atoms with Crippen molar-refractivity contribution in [1.29, 1.82) is 0 Å². The van der Waals surface area contributed by atoms with Gasteiger partial charge in [0.15, 0.2) is 0 Å². The minimum Gasteiger partial charge on any atom is -0.385 e. The van der Waals surface area contributed by atoms with Gasteiger partial charge in [-0.3, -0.25) is 0 Å². The SMILES string of the molecule is CCC1OCCC1CNc1ccc2ccccc2c1. The van der Waals surface area contributed by atoms with Gasteiger partial charge in [0.05, 0.1) is 6.10 Å². The zero-order valence-corrected chi connectivity index (χ0v) is 11.4. The van der Waals surface area contributed by atoms with Crippen LogP contribution in [0.1, 0.15) is 19.8 Å². The number of fused-ring (bicyclic) bond motifs is 1. The molecule has 1 N–H and O–H groups in total. The summed E-state index contributed by atoms with van der Waals surface area (Å²) in [5.74, 6) is 0.650. The van der Waals surface area contributed by atoms with E-state index in [9.17, 15) is 0 Å². The third-order valence-corrected chi connectivity index (χ3v) is 4.07. The first kappa shape index (κ1) is 12.5. The van der Waals surface area contributed by atoms with Crippen molar-refractivity contribution in [2.24, 2.45) is 5.92 Å². The van der Waals surface area contributed by atoms with Gasteiger partial charge in [-0.1, -0.05) is 37.3 Å². The zero-order valence-electron chi connectivity index (χ0n) is 11.4. The smallest absolute Gasteiger partial charge is 0.0618 e. The van der Waals surface area contributed by atoms with E-state index in [1.807, 2.05) is 0 Å². The summed E-state index contributed by atoms with van der Waals surface area (Å²) in [5, 5.41) is 6.15. The van der Waals surface area contributed by atoms with Crippen molar-refractivity contribution in [3.05, 3.63) is 42.5 Å². The number of rotatable bonds is 4. The van der Waals surface area contributed by atoms with Gasteiger partial charge in [-0.25, -0.2) is 0 Å². The summed E-state index contributed by atoms with van der Waals surface area (Å²) in [4.78, 5) is 0. The Balaban J connectivity index is 1.68. The summed E-state index contributed by atoms with van der Waals surface area (Å²) in [6.07, 6.45) is 2.73. The van der Waals surface area contributed by atoms with Crippen LogP contribution in [0.5, 0.6) is 0 Å². The molecule has 0 aliphatic carbocycles. The highest BCUT2D eigenvalue weighted by molar-refractivity contribution is 5.85. The first-order valence-corrected chi connectivity index (χ1v) is 7.21. The summed E-state index contributed by atoms with van der Waals surface area (Å²) in [5.41, 5.74) is 1.21. The average molecular weight is 255 g/mol. The van der Waals surface area contributed by atoms with Crippen LogP contribution in [0.3, 0.4) is 0 Å². The van der Waals surface area contributed by atoms with Gasteiger partial charge in [-0.05, 0) is 35.7 Å². The number of anilines is 1. The first-order chi connectivity index (χ1) is 9.36. The number of benzene rings is 2. The quantitative estimate of drug-likeness (QED) is 0.889. The van der Waals surface area contributed by atoms with Gasteiger partial charge in [-0.2, -0.15) is 0 Å². The van der Waals surface area contributed by atoms with Crippen LogP contribution in [0.15, 0.2) is 42.5 Å². The van der Waals surface area contributed by atoms with Crippen LogP contribution in [0, 0.1) is 5.92 Å². The first-order valence-electron chi connectivity index (χ1n) is 7.21. The Morgan fingerprint density at radius 3 is 2.84 bits per heavy atom. The van der Waals surface area contributed by atoms with E-state index in [4.69, 9.17) is 4.74 Å². The minimum absolute atomic E-state index is 0.438. The Labute approximate surface area is 114 Å². The summed E-state index contributed by atoms with van der Waals surface area (Å²) in [6, 6.07) is 15.1. The molecule has 3 rings (SSSR count). The van der Waals surface area contributed by atoms with Gasteiger partial charge in [0, 0.05) is 24.8 Å². The fourth-order valence-corrected chi connectivity index (χ4v) is 2.93. The lowest BCUT2D eigenvalue weighted by molar-refractivity contribution is 0.0900. The van der Waals surface area contributed by atoms with Crippen LogP contribution >= 0.6 is 0 Å². The van der Waals surface area contributed by atoms with Crippen LogP contribution < -0.4 is 5.32 Å². The monoisotopic (exact) mass is 255 g/mol. The Hall–Kier alpha value is -1.54. The van der Waals surface area contributed by atoms with Crippen molar-refractivity contribution in [3.63, 3.8) is 0 Å². The fraction of sp³-hybridized carbons (Fsp3) is 0.412. The summed E-state index contributed by atoms with van der Waals surface area (Å²) >= 11 is 0. The normalized spacial score (nSPS) is 22.8. The molecule has 2 heteroatoms. The molecule has 1 heterocycles. The second-order valence-corrected chi connectivity index (χ2v) is 5.31. The van der Waals surface area contributed by atoms with Crippen LogP contribution in [-0.2, 0) is 4.74 Å². The van der Waals surface area contributed by atoms with Crippen molar-refractivity contribution in [2.45, 2.75) is 25.9 Å². The maximum absolute atomic E-state index is 5.73. The van der Waals surface area contributed by atoms with E-state index in [-0.39, 0.29) is 0 Å². The summed E-state index contributed by atoms with van der Waals surface area (Å²) in [6.45, 7) is 4.14. The topological polar surface area (TPSA) is 21.3 Å². The van der Waals surface area contributed by atoms with Crippen LogP contribution in [0.4, 0.5) is 5.69 Å². The van der Waals surface area contributed by atoms with E-state index in [1.54, 1.807) is 0 Å². The molecular formula is C17H21NO. The van der Waals surface area contributed by atoms with Gasteiger partial charge in [0.25, 0.3) is 0 Å². The molecule has 1 fully saturated rings. The second kappa shape index (κ2) is 5.62. The summed E-state index contributed by atoms with van der Waals surface area (Å²) < 4.78 is 5.73. The number of nitrogens with one attached hydrogen (secondary N) is 1. The highest BCUT2D eigenvalue weighted by Gasteiger charge is 2.26. The van der Waals surface area contributed by atoms with Crippen molar-refractivity contribution in [3.8, 4) is 0 Å². The lowest BCUT2D eigenvalue weighted by Crippen LogP contribution is -2.22. The second-order valence-electron chi connectivity index (χ2n) is 5.31. The molecule has 0 saturated carbocycles. The molecule has 2 atom stereocenters. The average Bonchev–Trinajstić information content (AvgIpc) is 2.92. The van der Waals surface area contributed by atoms with Gasteiger partial charge in [-0.15, -0.1) is 0 Å². The molecule has 0 spiro atoms. The predicted molar refractivity (Wildman–Crippen MR) is 80.6 cm³/mol. The van der Waals surface area contributed by atoms with Crippen LogP contribution in [-0.4, -0.2) is 19.3 Å². The maximum Gasteiger partial charge on any atom is 0.0618 e. The maximum atomic E-state index is 5.73. The lowest BCUT2D eigenvalue weighted by atomic mass is 9.99. The van der Waals surface area contributed by atoms with E-state index in [0.717, 1.165) is 19.6 Å². The van der Waals surface area contributed by atoms with E-state index in [1.165, 1.54) is 22.9 Å². The molecule has 0 radical (unpaired) electrons. The molecule has 2 nitrogen and oxygen atoms in total.